The summed E-state index contributed by atoms with van der Waals surface area (Å²) in [6.45, 7) is 0. The Morgan fingerprint density at radius 2 is 1.91 bits per heavy atom. The van der Waals surface area contributed by atoms with Crippen LogP contribution in [0.4, 0.5) is 18.9 Å². The number of pyridine rings is 1. The van der Waals surface area contributed by atoms with Gasteiger partial charge in [0.05, 0.1) is 18.7 Å². The zero-order valence-electron chi connectivity index (χ0n) is 17.5. The topological polar surface area (TPSA) is 83.1 Å². The Morgan fingerprint density at radius 3 is 2.64 bits per heavy atom. The predicted octanol–water partition coefficient (Wildman–Crippen LogP) is 5.21. The van der Waals surface area contributed by atoms with Gasteiger partial charge in [-0.05, 0) is 42.0 Å². The van der Waals surface area contributed by atoms with E-state index in [1.54, 1.807) is 48.7 Å². The highest BCUT2D eigenvalue weighted by atomic mass is 32.2. The van der Waals surface area contributed by atoms with E-state index in [2.05, 4.69) is 20.3 Å². The normalized spacial score (nSPS) is 14.6. The maximum Gasteiger partial charge on any atom is 0.420 e. The maximum absolute atomic E-state index is 14.5. The molecule has 0 saturated carbocycles. The summed E-state index contributed by atoms with van der Waals surface area (Å²) in [5.74, 6) is -0.316. The van der Waals surface area contributed by atoms with Gasteiger partial charge in [-0.2, -0.15) is 13.2 Å². The quantitative estimate of drug-likeness (QED) is 0.304. The van der Waals surface area contributed by atoms with Crippen molar-refractivity contribution in [2.75, 3.05) is 18.2 Å². The van der Waals surface area contributed by atoms with Gasteiger partial charge in [0, 0.05) is 35.4 Å². The van der Waals surface area contributed by atoms with Crippen molar-refractivity contribution in [3.05, 3.63) is 78.8 Å². The Bertz CT molecular complexity index is 1210. The molecule has 2 unspecified atom stereocenters. The number of alkyl halides is 3. The van der Waals surface area contributed by atoms with Crippen LogP contribution in [0.3, 0.4) is 0 Å². The summed E-state index contributed by atoms with van der Waals surface area (Å²) in [5, 5.41) is 15.1. The molecule has 2 aromatic heterocycles. The monoisotopic (exact) mass is 474 g/mol. The summed E-state index contributed by atoms with van der Waals surface area (Å²) < 4.78 is 48.7. The van der Waals surface area contributed by atoms with Gasteiger partial charge in [-0.15, -0.1) is 0 Å². The summed E-state index contributed by atoms with van der Waals surface area (Å²) in [7, 11) is 1.43. The fourth-order valence-corrected chi connectivity index (χ4v) is 4.50. The molecule has 2 atom stereocenters. The Labute approximate surface area is 192 Å². The molecule has 3 N–H and O–H groups in total. The number of ether oxygens (including phenoxy) is 1. The Balaban J connectivity index is 1.82. The Kier molecular flexibility index (Phi) is 6.48. The third kappa shape index (κ3) is 4.76. The molecule has 2 heterocycles. The summed E-state index contributed by atoms with van der Waals surface area (Å²) in [6, 6.07) is 13.3. The number of aromatic nitrogens is 3. The molecular weight excluding hydrogens is 453 g/mol. The summed E-state index contributed by atoms with van der Waals surface area (Å²) in [5.41, 5.74) is -1.90. The van der Waals surface area contributed by atoms with Crippen molar-refractivity contribution in [1.29, 1.82) is 0 Å². The molecule has 0 spiro atoms. The van der Waals surface area contributed by atoms with Gasteiger partial charge in [-0.25, -0.2) is 4.98 Å². The molecule has 0 aliphatic carbocycles. The highest BCUT2D eigenvalue weighted by Gasteiger charge is 2.59. The number of anilines is 1. The highest BCUT2D eigenvalue weighted by molar-refractivity contribution is 7.99. The van der Waals surface area contributed by atoms with E-state index in [-0.39, 0.29) is 10.7 Å². The molecule has 172 valence electrons. The minimum Gasteiger partial charge on any atom is -0.497 e. The first-order valence-electron chi connectivity index (χ1n) is 9.97. The van der Waals surface area contributed by atoms with Crippen LogP contribution < -0.4 is 10.1 Å². The highest BCUT2D eigenvalue weighted by Crippen LogP contribution is 2.45. The minimum absolute atomic E-state index is 0.218. The Hall–Kier alpha value is -3.24. The van der Waals surface area contributed by atoms with Crippen molar-refractivity contribution in [2.45, 2.75) is 23.0 Å². The number of rotatable bonds is 8. The number of imidazole rings is 1. The van der Waals surface area contributed by atoms with Crippen LogP contribution in [-0.2, 0) is 0 Å². The molecule has 0 amide bonds. The lowest BCUT2D eigenvalue weighted by Gasteiger charge is -2.38. The van der Waals surface area contributed by atoms with Crippen LogP contribution >= 0.6 is 11.8 Å². The fraction of sp³-hybridized carbons (Fsp3) is 0.217. The summed E-state index contributed by atoms with van der Waals surface area (Å²) in [6.07, 6.45) is -0.403. The number of nitrogens with one attached hydrogen (secondary N) is 2. The van der Waals surface area contributed by atoms with Gasteiger partial charge in [0.1, 0.15) is 5.75 Å². The van der Waals surface area contributed by atoms with Gasteiger partial charge in [0.15, 0.2) is 10.8 Å². The van der Waals surface area contributed by atoms with E-state index in [0.717, 1.165) is 11.8 Å². The number of aromatic amines is 1. The van der Waals surface area contributed by atoms with Crippen LogP contribution in [0.2, 0.25) is 0 Å². The second-order valence-electron chi connectivity index (χ2n) is 7.33. The molecule has 33 heavy (non-hydrogen) atoms. The number of halogens is 3. The van der Waals surface area contributed by atoms with Gasteiger partial charge in [0.25, 0.3) is 0 Å². The lowest BCUT2D eigenvalue weighted by molar-refractivity contribution is -0.256. The number of hydrogen-bond donors (Lipinski definition) is 3. The van der Waals surface area contributed by atoms with E-state index in [4.69, 9.17) is 4.74 Å². The van der Waals surface area contributed by atoms with Gasteiger partial charge in [0.2, 0.25) is 0 Å². The van der Waals surface area contributed by atoms with Crippen molar-refractivity contribution >= 4 is 28.4 Å². The number of aliphatic hydroxyl groups is 1. The van der Waals surface area contributed by atoms with Gasteiger partial charge < -0.3 is 20.1 Å². The number of nitrogens with zero attached hydrogens (tertiary/aromatic N) is 2. The largest absolute Gasteiger partial charge is 0.497 e. The van der Waals surface area contributed by atoms with Crippen molar-refractivity contribution in [3.63, 3.8) is 0 Å². The lowest BCUT2D eigenvalue weighted by Crippen LogP contribution is -2.54. The van der Waals surface area contributed by atoms with Gasteiger partial charge in [-0.3, -0.25) is 4.98 Å². The van der Waals surface area contributed by atoms with Crippen LogP contribution in [0.1, 0.15) is 11.6 Å². The van der Waals surface area contributed by atoms with Crippen LogP contribution in [-0.4, -0.2) is 44.7 Å². The van der Waals surface area contributed by atoms with Crippen molar-refractivity contribution in [2.24, 2.45) is 0 Å². The molecule has 0 radical (unpaired) electrons. The predicted molar refractivity (Wildman–Crippen MR) is 121 cm³/mol. The van der Waals surface area contributed by atoms with Crippen molar-refractivity contribution in [1.82, 2.24) is 15.0 Å². The number of methoxy groups -OCH3 is 1. The van der Waals surface area contributed by atoms with Crippen LogP contribution in [0.5, 0.6) is 5.75 Å². The molecule has 2 aromatic carbocycles. The maximum atomic E-state index is 14.5. The van der Waals surface area contributed by atoms with E-state index >= 15 is 0 Å². The molecular formula is C23H21F3N4O2S. The van der Waals surface area contributed by atoms with Crippen LogP contribution in [0.15, 0.2) is 78.3 Å². The second-order valence-corrected chi connectivity index (χ2v) is 8.30. The van der Waals surface area contributed by atoms with E-state index in [1.807, 2.05) is 0 Å². The molecule has 4 aromatic rings. The van der Waals surface area contributed by atoms with Crippen LogP contribution in [0.25, 0.3) is 10.9 Å². The molecule has 0 bridgehead atoms. The molecule has 0 fully saturated rings. The van der Waals surface area contributed by atoms with Crippen molar-refractivity contribution in [3.8, 4) is 5.75 Å². The van der Waals surface area contributed by atoms with E-state index in [0.29, 0.717) is 22.3 Å². The molecule has 0 saturated heterocycles. The minimum atomic E-state index is -4.96. The summed E-state index contributed by atoms with van der Waals surface area (Å²) >= 11 is 0.788. The zero-order valence-corrected chi connectivity index (χ0v) is 18.3. The first-order chi connectivity index (χ1) is 15.8. The number of H-pyrrole nitrogens is 1. The number of fused-ring (bicyclic) bond motifs is 1. The molecule has 6 nitrogen and oxygen atoms in total. The average Bonchev–Trinajstić information content (AvgIpc) is 3.34. The first-order valence-corrected chi connectivity index (χ1v) is 11.0. The van der Waals surface area contributed by atoms with Gasteiger partial charge >= 0.3 is 6.18 Å². The second kappa shape index (κ2) is 9.32. The number of thioether (sulfide) groups is 1. The van der Waals surface area contributed by atoms with E-state index < -0.39 is 23.6 Å². The zero-order chi connectivity index (χ0) is 23.5. The smallest absolute Gasteiger partial charge is 0.420 e. The number of hydrogen-bond acceptors (Lipinski definition) is 6. The summed E-state index contributed by atoms with van der Waals surface area (Å²) in [4.78, 5) is 11.0. The number of benzene rings is 2. The molecule has 4 rings (SSSR count). The molecule has 0 aliphatic rings. The third-order valence-corrected chi connectivity index (χ3v) is 6.32. The average molecular weight is 475 g/mol. The van der Waals surface area contributed by atoms with Crippen molar-refractivity contribution < 1.29 is 23.0 Å². The Morgan fingerprint density at radius 1 is 1.09 bits per heavy atom. The van der Waals surface area contributed by atoms with Gasteiger partial charge in [-0.1, -0.05) is 30.0 Å². The SMILES string of the molecule is COc1cccc(C(Nc2cccc3ncccc23)C(O)(CSc2ncc[nH]2)C(F)(F)F)c1. The first kappa shape index (κ1) is 22.9. The molecule has 0 aliphatic heterocycles. The molecule has 10 heteroatoms. The van der Waals surface area contributed by atoms with E-state index in [1.165, 1.54) is 31.6 Å². The fourth-order valence-electron chi connectivity index (χ4n) is 3.52. The van der Waals surface area contributed by atoms with E-state index in [9.17, 15) is 18.3 Å². The standard InChI is InChI=1S/C23H21F3N4O2S/c1-32-16-6-2-5-15(13-16)20(30-19-9-3-8-18-17(19)7-4-10-27-18)22(31,23(24,25)26)14-33-21-28-11-12-29-21/h2-13,20,30-31H,14H2,1H3,(H,28,29). The third-order valence-electron chi connectivity index (χ3n) is 5.24. The lowest BCUT2D eigenvalue weighted by atomic mass is 9.88. The van der Waals surface area contributed by atoms with Crippen LogP contribution in [0, 0.1) is 0 Å².